The highest BCUT2D eigenvalue weighted by atomic mass is 35.5. The first-order chi connectivity index (χ1) is 12.2. The average molecular weight is 417 g/mol. The lowest BCUT2D eigenvalue weighted by Gasteiger charge is -2.13. The molecule has 0 fully saturated rings. The van der Waals surface area contributed by atoms with Crippen LogP contribution < -0.4 is 10.0 Å². The number of likely N-dealkylation sites (N-methyl/N-ethyl adjacent to an activating group) is 1. The Balaban J connectivity index is 2.04. The Morgan fingerprint density at radius 2 is 1.85 bits per heavy atom. The quantitative estimate of drug-likeness (QED) is 0.676. The number of ether oxygens (including phenoxy) is 1. The van der Waals surface area contributed by atoms with E-state index in [9.17, 15) is 18.0 Å². The van der Waals surface area contributed by atoms with Gasteiger partial charge >= 0.3 is 5.97 Å². The molecular weight excluding hydrogens is 400 g/mol. The van der Waals surface area contributed by atoms with Crippen LogP contribution in [0.4, 0.5) is 5.69 Å². The van der Waals surface area contributed by atoms with Crippen molar-refractivity contribution in [2.75, 3.05) is 11.3 Å². The zero-order valence-corrected chi connectivity index (χ0v) is 16.4. The summed E-state index contributed by atoms with van der Waals surface area (Å²) in [6.45, 7) is 3.67. The Hall–Kier alpha value is -2.10. The van der Waals surface area contributed by atoms with Crippen molar-refractivity contribution in [3.8, 4) is 0 Å². The summed E-state index contributed by atoms with van der Waals surface area (Å²) in [6, 6.07) is 8.58. The van der Waals surface area contributed by atoms with Gasteiger partial charge in [0.05, 0.1) is 9.90 Å². The van der Waals surface area contributed by atoms with Crippen LogP contribution in [0.25, 0.3) is 0 Å². The Labute approximate surface area is 160 Å². The van der Waals surface area contributed by atoms with Crippen LogP contribution >= 0.6 is 22.9 Å². The summed E-state index contributed by atoms with van der Waals surface area (Å²) in [4.78, 5) is 23.6. The van der Waals surface area contributed by atoms with Gasteiger partial charge in [0, 0.05) is 12.2 Å². The van der Waals surface area contributed by atoms with E-state index in [0.29, 0.717) is 10.9 Å². The van der Waals surface area contributed by atoms with Crippen molar-refractivity contribution in [1.82, 2.24) is 5.32 Å². The second kappa shape index (κ2) is 8.52. The Kier molecular flexibility index (Phi) is 6.63. The predicted octanol–water partition coefficient (Wildman–Crippen LogP) is 2.88. The van der Waals surface area contributed by atoms with Gasteiger partial charge in [-0.05, 0) is 50.2 Å². The fourth-order valence-corrected chi connectivity index (χ4v) is 4.46. The number of esters is 1. The molecule has 2 aromatic rings. The van der Waals surface area contributed by atoms with Crippen LogP contribution in [0.15, 0.2) is 40.6 Å². The van der Waals surface area contributed by atoms with Gasteiger partial charge in [-0.3, -0.25) is 9.52 Å². The summed E-state index contributed by atoms with van der Waals surface area (Å²) in [5.41, 5.74) is 0.478. The minimum absolute atomic E-state index is 0.0850. The van der Waals surface area contributed by atoms with Crippen LogP contribution in [0.3, 0.4) is 0 Å². The lowest BCUT2D eigenvalue weighted by molar-refractivity contribution is -0.128. The molecule has 0 spiro atoms. The maximum atomic E-state index is 12.2. The second-order valence-electron chi connectivity index (χ2n) is 5.18. The second-order valence-corrected chi connectivity index (χ2v) is 8.81. The van der Waals surface area contributed by atoms with Crippen LogP contribution in [0.5, 0.6) is 0 Å². The number of nitrogens with one attached hydrogen (secondary N) is 2. The first-order valence-electron chi connectivity index (χ1n) is 7.60. The third-order valence-electron chi connectivity index (χ3n) is 3.19. The van der Waals surface area contributed by atoms with Crippen LogP contribution in [0, 0.1) is 0 Å². The van der Waals surface area contributed by atoms with Crippen molar-refractivity contribution < 1.29 is 22.7 Å². The lowest BCUT2D eigenvalue weighted by atomic mass is 10.2. The summed E-state index contributed by atoms with van der Waals surface area (Å²) in [5, 5.41) is 2.55. The van der Waals surface area contributed by atoms with E-state index >= 15 is 0 Å². The van der Waals surface area contributed by atoms with Crippen LogP contribution in [-0.2, 0) is 19.6 Å². The van der Waals surface area contributed by atoms with Gasteiger partial charge in [0.15, 0.2) is 6.10 Å². The molecule has 2 rings (SSSR count). The molecule has 0 saturated carbocycles. The van der Waals surface area contributed by atoms with E-state index in [-0.39, 0.29) is 21.4 Å². The van der Waals surface area contributed by atoms with Crippen molar-refractivity contribution in [2.45, 2.75) is 24.2 Å². The topological polar surface area (TPSA) is 102 Å². The van der Waals surface area contributed by atoms with Gasteiger partial charge in [-0.25, -0.2) is 13.2 Å². The normalized spacial score (nSPS) is 12.3. The van der Waals surface area contributed by atoms with Gasteiger partial charge in [-0.1, -0.05) is 11.6 Å². The van der Waals surface area contributed by atoms with Gasteiger partial charge < -0.3 is 10.1 Å². The summed E-state index contributed by atoms with van der Waals surface area (Å²) < 4.78 is 32.3. The standard InChI is InChI=1S/C16H17ClN2O5S2/c1-3-18-15(20)10(2)24-16(21)11-4-6-12(7-5-11)19-26(22,23)14-9-8-13(17)25-14/h4-10,19H,3H2,1-2H3,(H,18,20)/t10-/m1/s1. The molecule has 0 aliphatic rings. The number of halogens is 1. The molecule has 0 unspecified atom stereocenters. The fraction of sp³-hybridized carbons (Fsp3) is 0.250. The third kappa shape index (κ3) is 5.20. The number of carbonyl (C=O) groups is 2. The number of hydrogen-bond donors (Lipinski definition) is 2. The Morgan fingerprint density at radius 3 is 2.38 bits per heavy atom. The molecule has 0 aliphatic carbocycles. The van der Waals surface area contributed by atoms with Crippen molar-refractivity contribution >= 4 is 50.5 Å². The monoisotopic (exact) mass is 416 g/mol. The third-order valence-corrected chi connectivity index (χ3v) is 6.29. The smallest absolute Gasteiger partial charge is 0.338 e. The van der Waals surface area contributed by atoms with E-state index in [1.54, 1.807) is 6.92 Å². The Bertz CT molecular complexity index is 894. The molecule has 0 aliphatic heterocycles. The van der Waals surface area contributed by atoms with E-state index in [4.69, 9.17) is 16.3 Å². The SMILES string of the molecule is CCNC(=O)[C@@H](C)OC(=O)c1ccc(NS(=O)(=O)c2ccc(Cl)s2)cc1. The van der Waals surface area contributed by atoms with Crippen molar-refractivity contribution in [1.29, 1.82) is 0 Å². The summed E-state index contributed by atoms with van der Waals surface area (Å²) in [7, 11) is -3.75. The molecule has 1 heterocycles. The maximum Gasteiger partial charge on any atom is 0.338 e. The molecule has 1 atom stereocenters. The molecule has 26 heavy (non-hydrogen) atoms. The molecule has 10 heteroatoms. The molecule has 140 valence electrons. The number of thiophene rings is 1. The molecular formula is C16H17ClN2O5S2. The van der Waals surface area contributed by atoms with Gasteiger partial charge in [0.2, 0.25) is 0 Å². The zero-order valence-electron chi connectivity index (χ0n) is 14.0. The minimum atomic E-state index is -3.75. The molecule has 0 bridgehead atoms. The number of sulfonamides is 1. The molecule has 2 N–H and O–H groups in total. The Morgan fingerprint density at radius 1 is 1.19 bits per heavy atom. The van der Waals surface area contributed by atoms with E-state index < -0.39 is 22.1 Å². The molecule has 0 saturated heterocycles. The zero-order chi connectivity index (χ0) is 19.3. The van der Waals surface area contributed by atoms with E-state index in [1.807, 2.05) is 0 Å². The van der Waals surface area contributed by atoms with Gasteiger partial charge in [0.25, 0.3) is 15.9 Å². The summed E-state index contributed by atoms with van der Waals surface area (Å²) in [5.74, 6) is -1.07. The lowest BCUT2D eigenvalue weighted by Crippen LogP contribution is -2.35. The average Bonchev–Trinajstić information content (AvgIpc) is 3.02. The van der Waals surface area contributed by atoms with Crippen LogP contribution in [0.2, 0.25) is 4.34 Å². The van der Waals surface area contributed by atoms with Gasteiger partial charge in [-0.15, -0.1) is 11.3 Å². The number of amides is 1. The van der Waals surface area contributed by atoms with Crippen molar-refractivity contribution in [3.05, 3.63) is 46.3 Å². The van der Waals surface area contributed by atoms with Gasteiger partial charge in [0.1, 0.15) is 4.21 Å². The first-order valence-corrected chi connectivity index (χ1v) is 10.3. The molecule has 0 radical (unpaired) electrons. The molecule has 1 aromatic heterocycles. The van der Waals surface area contributed by atoms with Crippen molar-refractivity contribution in [2.24, 2.45) is 0 Å². The largest absolute Gasteiger partial charge is 0.449 e. The fourth-order valence-electron chi connectivity index (χ4n) is 1.92. The predicted molar refractivity (Wildman–Crippen MR) is 100 cm³/mol. The van der Waals surface area contributed by atoms with Crippen LogP contribution in [-0.4, -0.2) is 32.9 Å². The molecule has 1 amide bonds. The van der Waals surface area contributed by atoms with Crippen LogP contribution in [0.1, 0.15) is 24.2 Å². The number of carbonyl (C=O) groups excluding carboxylic acids is 2. The first kappa shape index (κ1) is 20.2. The van der Waals surface area contributed by atoms with Crippen molar-refractivity contribution in [3.63, 3.8) is 0 Å². The number of benzene rings is 1. The maximum absolute atomic E-state index is 12.2. The van der Waals surface area contributed by atoms with E-state index in [0.717, 1.165) is 11.3 Å². The van der Waals surface area contributed by atoms with E-state index in [2.05, 4.69) is 10.0 Å². The summed E-state index contributed by atoms with van der Waals surface area (Å²) >= 11 is 6.69. The highest BCUT2D eigenvalue weighted by Gasteiger charge is 2.19. The number of rotatable bonds is 7. The minimum Gasteiger partial charge on any atom is -0.449 e. The number of hydrogen-bond acceptors (Lipinski definition) is 6. The number of anilines is 1. The highest BCUT2D eigenvalue weighted by molar-refractivity contribution is 7.94. The summed E-state index contributed by atoms with van der Waals surface area (Å²) in [6.07, 6.45) is -0.927. The molecule has 7 nitrogen and oxygen atoms in total. The molecule has 1 aromatic carbocycles. The highest BCUT2D eigenvalue weighted by Crippen LogP contribution is 2.27. The van der Waals surface area contributed by atoms with E-state index in [1.165, 1.54) is 43.3 Å². The van der Waals surface area contributed by atoms with Gasteiger partial charge in [-0.2, -0.15) is 0 Å².